The molecule has 0 atom stereocenters. The normalized spacial score (nSPS) is 11.3. The summed E-state index contributed by atoms with van der Waals surface area (Å²) < 4.78 is 3.99. The second-order valence-electron chi connectivity index (χ2n) is 5.36. The van der Waals surface area contributed by atoms with E-state index in [-0.39, 0.29) is 11.6 Å². The van der Waals surface area contributed by atoms with Crippen molar-refractivity contribution >= 4 is 39.1 Å². The maximum atomic E-state index is 12.0. The van der Waals surface area contributed by atoms with Crippen LogP contribution in [0.5, 0.6) is 0 Å². The Morgan fingerprint density at radius 1 is 1.12 bits per heavy atom. The Kier molecular flexibility index (Phi) is 4.35. The van der Waals surface area contributed by atoms with Crippen LogP contribution in [0.4, 0.5) is 0 Å². The van der Waals surface area contributed by atoms with Crippen LogP contribution < -0.4 is 11.1 Å². The first-order chi connectivity index (χ1) is 11.5. The fourth-order valence-electron chi connectivity index (χ4n) is 2.46. The number of aryl methyl sites for hydroxylation is 2. The van der Waals surface area contributed by atoms with Crippen molar-refractivity contribution in [3.05, 3.63) is 68.5 Å². The Hall–Kier alpha value is -2.67. The molecule has 3 rings (SSSR count). The van der Waals surface area contributed by atoms with Crippen molar-refractivity contribution in [2.24, 2.45) is 19.2 Å². The summed E-state index contributed by atoms with van der Waals surface area (Å²) >= 11 is 3.32. The van der Waals surface area contributed by atoms with Crippen molar-refractivity contribution < 1.29 is 4.79 Å². The molecule has 0 spiro atoms. The fourth-order valence-corrected chi connectivity index (χ4v) is 2.86. The van der Waals surface area contributed by atoms with Gasteiger partial charge in [0, 0.05) is 24.1 Å². The molecule has 0 aliphatic carbocycles. The summed E-state index contributed by atoms with van der Waals surface area (Å²) in [6.45, 7) is 0. The molecule has 1 aromatic heterocycles. The number of nitrogens with zero attached hydrogens (tertiary/aromatic N) is 3. The van der Waals surface area contributed by atoms with Gasteiger partial charge in [-0.1, -0.05) is 28.1 Å². The zero-order valence-electron chi connectivity index (χ0n) is 13.2. The van der Waals surface area contributed by atoms with Crippen LogP contribution in [0.15, 0.2) is 56.8 Å². The topological polar surface area (TPSA) is 68.4 Å². The van der Waals surface area contributed by atoms with Crippen LogP contribution in [0.2, 0.25) is 0 Å². The third kappa shape index (κ3) is 3.03. The summed E-state index contributed by atoms with van der Waals surface area (Å²) in [6.07, 6.45) is 1.55. The Morgan fingerprint density at radius 3 is 2.62 bits per heavy atom. The van der Waals surface area contributed by atoms with Crippen LogP contribution >= 0.6 is 15.9 Å². The van der Waals surface area contributed by atoms with Crippen LogP contribution in [0.1, 0.15) is 15.9 Å². The minimum Gasteiger partial charge on any atom is -0.295 e. The number of imidazole rings is 1. The van der Waals surface area contributed by atoms with E-state index in [0.29, 0.717) is 5.56 Å². The lowest BCUT2D eigenvalue weighted by Crippen LogP contribution is -2.19. The number of fused-ring (bicyclic) bond motifs is 1. The molecular weight excluding hydrogens is 372 g/mol. The highest BCUT2D eigenvalue weighted by molar-refractivity contribution is 9.10. The molecule has 0 radical (unpaired) electrons. The van der Waals surface area contributed by atoms with Gasteiger partial charge < -0.3 is 0 Å². The molecule has 2 aromatic carbocycles. The molecule has 0 aliphatic rings. The first kappa shape index (κ1) is 16.2. The van der Waals surface area contributed by atoms with E-state index in [4.69, 9.17) is 0 Å². The summed E-state index contributed by atoms with van der Waals surface area (Å²) in [6, 6.07) is 12.6. The van der Waals surface area contributed by atoms with Crippen molar-refractivity contribution in [3.63, 3.8) is 0 Å². The van der Waals surface area contributed by atoms with Gasteiger partial charge >= 0.3 is 5.69 Å². The second kappa shape index (κ2) is 6.45. The van der Waals surface area contributed by atoms with Crippen LogP contribution in [-0.4, -0.2) is 21.3 Å². The van der Waals surface area contributed by atoms with E-state index in [1.165, 1.54) is 0 Å². The van der Waals surface area contributed by atoms with E-state index in [2.05, 4.69) is 26.5 Å². The number of carbonyl (C=O) groups is 1. The highest BCUT2D eigenvalue weighted by Crippen LogP contribution is 2.13. The number of hydrogen-bond donors (Lipinski definition) is 1. The third-order valence-electron chi connectivity index (χ3n) is 3.76. The summed E-state index contributed by atoms with van der Waals surface area (Å²) in [5, 5.41) is 3.98. The number of carbonyl (C=O) groups excluding carboxylic acids is 1. The highest BCUT2D eigenvalue weighted by atomic mass is 79.9. The number of aromatic nitrogens is 2. The van der Waals surface area contributed by atoms with Gasteiger partial charge in [-0.05, 0) is 35.9 Å². The standard InChI is InChI=1S/C17H15BrN4O2/c1-21-14-7-6-11(8-15(14)22(2)17(21)24)10-19-20-16(23)12-4-3-5-13(18)9-12/h3-10H,1-2H3,(H,20,23)/b19-10-. The van der Waals surface area contributed by atoms with Crippen LogP contribution in [0, 0.1) is 0 Å². The number of amides is 1. The van der Waals surface area contributed by atoms with Crippen molar-refractivity contribution in [1.29, 1.82) is 0 Å². The predicted octanol–water partition coefficient (Wildman–Crippen LogP) is 2.40. The molecule has 24 heavy (non-hydrogen) atoms. The van der Waals surface area contributed by atoms with Gasteiger partial charge in [0.05, 0.1) is 17.2 Å². The van der Waals surface area contributed by atoms with Gasteiger partial charge in [-0.3, -0.25) is 13.9 Å². The third-order valence-corrected chi connectivity index (χ3v) is 4.26. The van der Waals surface area contributed by atoms with Crippen molar-refractivity contribution in [2.45, 2.75) is 0 Å². The van der Waals surface area contributed by atoms with Gasteiger partial charge in [0.25, 0.3) is 5.91 Å². The number of hydrogen-bond acceptors (Lipinski definition) is 3. The highest BCUT2D eigenvalue weighted by Gasteiger charge is 2.07. The molecule has 7 heteroatoms. The largest absolute Gasteiger partial charge is 0.328 e. The van der Waals surface area contributed by atoms with Gasteiger partial charge in [0.2, 0.25) is 0 Å². The van der Waals surface area contributed by atoms with E-state index in [9.17, 15) is 9.59 Å². The smallest absolute Gasteiger partial charge is 0.295 e. The van der Waals surface area contributed by atoms with Gasteiger partial charge in [-0.2, -0.15) is 5.10 Å². The molecule has 0 bridgehead atoms. The molecule has 1 heterocycles. The zero-order valence-corrected chi connectivity index (χ0v) is 14.7. The quantitative estimate of drug-likeness (QED) is 0.554. The Balaban J connectivity index is 1.80. The van der Waals surface area contributed by atoms with E-state index in [1.807, 2.05) is 24.3 Å². The molecule has 122 valence electrons. The van der Waals surface area contributed by atoms with Crippen LogP contribution in [-0.2, 0) is 14.1 Å². The molecule has 0 unspecified atom stereocenters. The zero-order chi connectivity index (χ0) is 17.3. The molecule has 0 saturated carbocycles. The van der Waals surface area contributed by atoms with Crippen LogP contribution in [0.25, 0.3) is 11.0 Å². The predicted molar refractivity (Wildman–Crippen MR) is 97.4 cm³/mol. The summed E-state index contributed by atoms with van der Waals surface area (Å²) in [5.41, 5.74) is 5.37. The minimum absolute atomic E-state index is 0.0814. The number of halogens is 1. The molecule has 0 aliphatic heterocycles. The Bertz CT molecular complexity index is 1020. The summed E-state index contributed by atoms with van der Waals surface area (Å²) in [5.74, 6) is -0.291. The molecule has 3 aromatic rings. The van der Waals surface area contributed by atoms with Gasteiger partial charge in [-0.15, -0.1) is 0 Å². The summed E-state index contributed by atoms with van der Waals surface area (Å²) in [7, 11) is 3.46. The first-order valence-corrected chi connectivity index (χ1v) is 8.01. The number of benzene rings is 2. The lowest BCUT2D eigenvalue weighted by Gasteiger charge is -2.01. The Labute approximate surface area is 146 Å². The second-order valence-corrected chi connectivity index (χ2v) is 6.27. The summed E-state index contributed by atoms with van der Waals surface area (Å²) in [4.78, 5) is 23.9. The van der Waals surface area contributed by atoms with E-state index in [0.717, 1.165) is 21.1 Å². The average molecular weight is 387 g/mol. The fraction of sp³-hybridized carbons (Fsp3) is 0.118. The van der Waals surface area contributed by atoms with Gasteiger partial charge in [0.1, 0.15) is 0 Å². The number of nitrogens with one attached hydrogen (secondary N) is 1. The van der Waals surface area contributed by atoms with E-state index in [1.54, 1.807) is 47.6 Å². The maximum absolute atomic E-state index is 12.0. The van der Waals surface area contributed by atoms with Gasteiger partial charge in [-0.25, -0.2) is 10.2 Å². The average Bonchev–Trinajstić information content (AvgIpc) is 2.79. The number of rotatable bonds is 3. The first-order valence-electron chi connectivity index (χ1n) is 7.22. The lowest BCUT2D eigenvalue weighted by atomic mass is 10.2. The van der Waals surface area contributed by atoms with Crippen molar-refractivity contribution in [1.82, 2.24) is 14.6 Å². The maximum Gasteiger partial charge on any atom is 0.328 e. The molecule has 0 fully saturated rings. The van der Waals surface area contributed by atoms with Crippen molar-refractivity contribution in [3.8, 4) is 0 Å². The van der Waals surface area contributed by atoms with Crippen molar-refractivity contribution in [2.75, 3.05) is 0 Å². The molecule has 6 nitrogen and oxygen atoms in total. The monoisotopic (exact) mass is 386 g/mol. The molecular formula is C17H15BrN4O2. The van der Waals surface area contributed by atoms with Gasteiger partial charge in [0.15, 0.2) is 0 Å². The lowest BCUT2D eigenvalue weighted by molar-refractivity contribution is 0.0955. The van der Waals surface area contributed by atoms with E-state index >= 15 is 0 Å². The van der Waals surface area contributed by atoms with Crippen LogP contribution in [0.3, 0.4) is 0 Å². The minimum atomic E-state index is -0.291. The molecule has 0 saturated heterocycles. The molecule has 1 amide bonds. The number of hydrazone groups is 1. The van der Waals surface area contributed by atoms with E-state index < -0.39 is 0 Å². The Morgan fingerprint density at radius 2 is 1.88 bits per heavy atom. The SMILES string of the molecule is Cn1c(=O)n(C)c2cc(/C=N\NC(=O)c3cccc(Br)c3)ccc21. The molecule has 1 N–H and O–H groups in total.